The molecule has 0 radical (unpaired) electrons. The summed E-state index contributed by atoms with van der Waals surface area (Å²) in [5.74, 6) is 0.571. The first-order valence-electron chi connectivity index (χ1n) is 8.71. The van der Waals surface area contributed by atoms with E-state index >= 15 is 0 Å². The third kappa shape index (κ3) is 5.64. The minimum absolute atomic E-state index is 0.0949. The molecule has 1 aliphatic rings. The van der Waals surface area contributed by atoms with Gasteiger partial charge in [-0.2, -0.15) is 0 Å². The van der Waals surface area contributed by atoms with Crippen molar-refractivity contribution in [2.45, 2.75) is 32.6 Å². The van der Waals surface area contributed by atoms with E-state index in [-0.39, 0.29) is 11.8 Å². The summed E-state index contributed by atoms with van der Waals surface area (Å²) in [6.07, 6.45) is 3.18. The number of likely N-dealkylation sites (tertiary alicyclic amines) is 1. The van der Waals surface area contributed by atoms with Crippen LogP contribution in [0.25, 0.3) is 0 Å². The van der Waals surface area contributed by atoms with Gasteiger partial charge in [-0.3, -0.25) is 9.59 Å². The van der Waals surface area contributed by atoms with Crippen LogP contribution in [0.2, 0.25) is 0 Å². The van der Waals surface area contributed by atoms with Crippen molar-refractivity contribution in [3.05, 3.63) is 35.4 Å². The van der Waals surface area contributed by atoms with Crippen LogP contribution >= 0.6 is 0 Å². The highest BCUT2D eigenvalue weighted by molar-refractivity contribution is 5.94. The van der Waals surface area contributed by atoms with Crippen molar-refractivity contribution >= 4 is 11.8 Å². The lowest BCUT2D eigenvalue weighted by Crippen LogP contribution is -2.39. The van der Waals surface area contributed by atoms with Gasteiger partial charge in [0.15, 0.2) is 0 Å². The minimum Gasteiger partial charge on any atom is -0.385 e. The Morgan fingerprint density at radius 3 is 2.50 bits per heavy atom. The van der Waals surface area contributed by atoms with Crippen LogP contribution in [0, 0.1) is 12.8 Å². The SMILES string of the molecule is COCCCNC(=O)CC1CCN(C(=O)c2ccc(C)cc2)CC1. The van der Waals surface area contributed by atoms with Gasteiger partial charge in [0.2, 0.25) is 5.91 Å². The number of carbonyl (C=O) groups is 2. The van der Waals surface area contributed by atoms with Gasteiger partial charge in [0.05, 0.1) is 0 Å². The Balaban J connectivity index is 1.72. The minimum atomic E-state index is 0.0949. The van der Waals surface area contributed by atoms with Crippen LogP contribution in [0.15, 0.2) is 24.3 Å². The lowest BCUT2D eigenvalue weighted by molar-refractivity contribution is -0.122. The number of piperidine rings is 1. The van der Waals surface area contributed by atoms with Gasteiger partial charge in [-0.05, 0) is 44.2 Å². The lowest BCUT2D eigenvalue weighted by atomic mass is 9.93. The molecule has 0 unspecified atom stereocenters. The van der Waals surface area contributed by atoms with E-state index in [1.807, 2.05) is 36.1 Å². The van der Waals surface area contributed by atoms with Crippen molar-refractivity contribution in [2.24, 2.45) is 5.92 Å². The monoisotopic (exact) mass is 332 g/mol. The van der Waals surface area contributed by atoms with E-state index in [9.17, 15) is 9.59 Å². The Morgan fingerprint density at radius 2 is 1.88 bits per heavy atom. The van der Waals surface area contributed by atoms with Gasteiger partial charge in [0, 0.05) is 45.3 Å². The molecule has 24 heavy (non-hydrogen) atoms. The number of rotatable bonds is 7. The summed E-state index contributed by atoms with van der Waals surface area (Å²) in [5, 5.41) is 2.93. The average Bonchev–Trinajstić information content (AvgIpc) is 2.59. The molecular weight excluding hydrogens is 304 g/mol. The molecule has 2 amide bonds. The van der Waals surface area contributed by atoms with Crippen LogP contribution in [-0.4, -0.2) is 50.1 Å². The van der Waals surface area contributed by atoms with Gasteiger partial charge in [-0.15, -0.1) is 0 Å². The summed E-state index contributed by atoms with van der Waals surface area (Å²) in [6, 6.07) is 7.70. The maximum absolute atomic E-state index is 12.5. The number of methoxy groups -OCH3 is 1. The Hall–Kier alpha value is -1.88. The van der Waals surface area contributed by atoms with Crippen molar-refractivity contribution in [1.29, 1.82) is 0 Å². The van der Waals surface area contributed by atoms with Gasteiger partial charge >= 0.3 is 0 Å². The molecule has 0 aliphatic carbocycles. The Bertz CT molecular complexity index is 534. The topological polar surface area (TPSA) is 58.6 Å². The van der Waals surface area contributed by atoms with Gasteiger partial charge < -0.3 is 15.0 Å². The van der Waals surface area contributed by atoms with Gasteiger partial charge in [0.1, 0.15) is 0 Å². The first-order chi connectivity index (χ1) is 11.6. The number of carbonyl (C=O) groups excluding carboxylic acids is 2. The standard InChI is InChI=1S/C19H28N2O3/c1-15-4-6-17(7-5-15)19(23)21-11-8-16(9-12-21)14-18(22)20-10-3-13-24-2/h4-7,16H,3,8-14H2,1-2H3,(H,20,22). The zero-order valence-electron chi connectivity index (χ0n) is 14.7. The zero-order chi connectivity index (χ0) is 17.4. The molecular formula is C19H28N2O3. The number of nitrogens with zero attached hydrogens (tertiary/aromatic N) is 1. The fourth-order valence-corrected chi connectivity index (χ4v) is 3.00. The van der Waals surface area contributed by atoms with Crippen molar-refractivity contribution in [3.8, 4) is 0 Å². The molecule has 1 aliphatic heterocycles. The summed E-state index contributed by atoms with van der Waals surface area (Å²) in [6.45, 7) is 4.81. The number of ether oxygens (including phenoxy) is 1. The van der Waals surface area contributed by atoms with Gasteiger partial charge in [-0.25, -0.2) is 0 Å². The predicted octanol–water partition coefficient (Wildman–Crippen LogP) is 2.39. The first-order valence-corrected chi connectivity index (χ1v) is 8.71. The second-order valence-corrected chi connectivity index (χ2v) is 6.50. The van der Waals surface area contributed by atoms with E-state index < -0.39 is 0 Å². The maximum atomic E-state index is 12.5. The molecule has 0 atom stereocenters. The van der Waals surface area contributed by atoms with Crippen LogP contribution in [0.1, 0.15) is 41.6 Å². The molecule has 0 aromatic heterocycles. The van der Waals surface area contributed by atoms with E-state index in [2.05, 4.69) is 5.32 Å². The largest absolute Gasteiger partial charge is 0.385 e. The third-order valence-corrected chi connectivity index (χ3v) is 4.52. The molecule has 1 fully saturated rings. The van der Waals surface area contributed by atoms with E-state index in [1.165, 1.54) is 0 Å². The quantitative estimate of drug-likeness (QED) is 0.780. The van der Waals surface area contributed by atoms with E-state index in [0.717, 1.165) is 43.5 Å². The summed E-state index contributed by atoms with van der Waals surface area (Å²) >= 11 is 0. The van der Waals surface area contributed by atoms with Crippen molar-refractivity contribution in [1.82, 2.24) is 10.2 Å². The molecule has 0 spiro atoms. The molecule has 2 rings (SSSR count). The molecule has 1 saturated heterocycles. The van der Waals surface area contributed by atoms with Gasteiger partial charge in [0.25, 0.3) is 5.91 Å². The lowest BCUT2D eigenvalue weighted by Gasteiger charge is -2.31. The number of amides is 2. The fraction of sp³-hybridized carbons (Fsp3) is 0.579. The van der Waals surface area contributed by atoms with Crippen molar-refractivity contribution < 1.29 is 14.3 Å². The predicted molar refractivity (Wildman–Crippen MR) is 93.9 cm³/mol. The molecule has 1 heterocycles. The maximum Gasteiger partial charge on any atom is 0.253 e. The number of hydrogen-bond donors (Lipinski definition) is 1. The Morgan fingerprint density at radius 1 is 1.21 bits per heavy atom. The second kappa shape index (κ2) is 9.42. The second-order valence-electron chi connectivity index (χ2n) is 6.50. The number of aryl methyl sites for hydroxylation is 1. The molecule has 0 saturated carbocycles. The highest BCUT2D eigenvalue weighted by Crippen LogP contribution is 2.22. The van der Waals surface area contributed by atoms with Crippen molar-refractivity contribution in [3.63, 3.8) is 0 Å². The smallest absolute Gasteiger partial charge is 0.253 e. The molecule has 1 aromatic carbocycles. The molecule has 5 heteroatoms. The summed E-state index contributed by atoms with van der Waals surface area (Å²) in [7, 11) is 1.66. The highest BCUT2D eigenvalue weighted by atomic mass is 16.5. The van der Waals surface area contributed by atoms with Gasteiger partial charge in [-0.1, -0.05) is 17.7 Å². The first kappa shape index (κ1) is 18.5. The fourth-order valence-electron chi connectivity index (χ4n) is 3.00. The van der Waals surface area contributed by atoms with Crippen LogP contribution in [0.5, 0.6) is 0 Å². The van der Waals surface area contributed by atoms with Crippen LogP contribution in [0.4, 0.5) is 0 Å². The Kier molecular flexibility index (Phi) is 7.25. The molecule has 0 bridgehead atoms. The molecule has 5 nitrogen and oxygen atoms in total. The third-order valence-electron chi connectivity index (χ3n) is 4.52. The van der Waals surface area contributed by atoms with Crippen molar-refractivity contribution in [2.75, 3.05) is 33.4 Å². The summed E-state index contributed by atoms with van der Waals surface area (Å²) in [4.78, 5) is 26.3. The molecule has 132 valence electrons. The van der Waals surface area contributed by atoms with E-state index in [4.69, 9.17) is 4.74 Å². The van der Waals surface area contributed by atoms with Crippen LogP contribution in [-0.2, 0) is 9.53 Å². The van der Waals surface area contributed by atoms with Crippen LogP contribution < -0.4 is 5.32 Å². The summed E-state index contributed by atoms with van der Waals surface area (Å²) in [5.41, 5.74) is 1.90. The van der Waals surface area contributed by atoms with E-state index in [0.29, 0.717) is 25.5 Å². The van der Waals surface area contributed by atoms with Crippen LogP contribution in [0.3, 0.4) is 0 Å². The van der Waals surface area contributed by atoms with E-state index in [1.54, 1.807) is 7.11 Å². The Labute approximate surface area is 144 Å². The molecule has 1 aromatic rings. The zero-order valence-corrected chi connectivity index (χ0v) is 14.7. The number of hydrogen-bond acceptors (Lipinski definition) is 3. The summed E-state index contributed by atoms with van der Waals surface area (Å²) < 4.78 is 4.96. The number of benzene rings is 1. The normalized spacial score (nSPS) is 15.3. The number of nitrogens with one attached hydrogen (secondary N) is 1. The molecule has 1 N–H and O–H groups in total. The average molecular weight is 332 g/mol. The highest BCUT2D eigenvalue weighted by Gasteiger charge is 2.24.